The lowest BCUT2D eigenvalue weighted by Crippen LogP contribution is -2.42. The van der Waals surface area contributed by atoms with Crippen molar-refractivity contribution in [2.24, 2.45) is 5.41 Å². The third-order valence-corrected chi connectivity index (χ3v) is 4.28. The van der Waals surface area contributed by atoms with Gasteiger partial charge in [-0.05, 0) is 30.9 Å². The van der Waals surface area contributed by atoms with Crippen LogP contribution in [0.1, 0.15) is 32.3 Å². The van der Waals surface area contributed by atoms with Gasteiger partial charge in [-0.3, -0.25) is 4.79 Å². The summed E-state index contributed by atoms with van der Waals surface area (Å²) in [6, 6.07) is 8.31. The lowest BCUT2D eigenvalue weighted by Gasteiger charge is -2.33. The Kier molecular flexibility index (Phi) is 3.60. The highest BCUT2D eigenvalue weighted by Crippen LogP contribution is 2.34. The number of carboxylic acids is 1. The summed E-state index contributed by atoms with van der Waals surface area (Å²) in [6.07, 6.45) is 2.38. The predicted molar refractivity (Wildman–Crippen MR) is 73.0 cm³/mol. The molecule has 3 heteroatoms. The molecular weight excluding hydrogens is 226 g/mol. The van der Waals surface area contributed by atoms with Crippen molar-refractivity contribution >= 4 is 11.7 Å². The number of anilines is 1. The van der Waals surface area contributed by atoms with Crippen molar-refractivity contribution in [3.05, 3.63) is 29.8 Å². The molecule has 18 heavy (non-hydrogen) atoms. The van der Waals surface area contributed by atoms with E-state index >= 15 is 0 Å². The molecule has 0 aliphatic carbocycles. The molecule has 1 aromatic rings. The number of rotatable bonds is 5. The smallest absolute Gasteiger partial charge is 0.311 e. The number of benzene rings is 1. The molecule has 1 heterocycles. The SMILES string of the molecule is CCC(CC)(CN1CCc2ccccc21)C(=O)O. The molecule has 1 aliphatic rings. The highest BCUT2D eigenvalue weighted by molar-refractivity contribution is 5.76. The number of hydrogen-bond donors (Lipinski definition) is 1. The molecule has 0 saturated heterocycles. The largest absolute Gasteiger partial charge is 0.481 e. The Bertz CT molecular complexity index is 438. The number of nitrogens with zero attached hydrogens (tertiary/aromatic N) is 1. The topological polar surface area (TPSA) is 40.5 Å². The van der Waals surface area contributed by atoms with Crippen LogP contribution in [0.5, 0.6) is 0 Å². The maximum atomic E-state index is 11.6. The van der Waals surface area contributed by atoms with Crippen LogP contribution in [-0.4, -0.2) is 24.2 Å². The van der Waals surface area contributed by atoms with Gasteiger partial charge in [0.25, 0.3) is 0 Å². The normalized spacial score (nSPS) is 14.7. The number of aliphatic carboxylic acids is 1. The van der Waals surface area contributed by atoms with E-state index in [4.69, 9.17) is 0 Å². The van der Waals surface area contributed by atoms with Crippen molar-refractivity contribution in [3.63, 3.8) is 0 Å². The van der Waals surface area contributed by atoms with Gasteiger partial charge in [-0.1, -0.05) is 32.0 Å². The molecule has 0 bridgehead atoms. The minimum atomic E-state index is -0.670. The molecule has 0 radical (unpaired) electrons. The van der Waals surface area contributed by atoms with Crippen LogP contribution < -0.4 is 4.90 Å². The van der Waals surface area contributed by atoms with Gasteiger partial charge in [-0.2, -0.15) is 0 Å². The van der Waals surface area contributed by atoms with Crippen molar-refractivity contribution in [1.29, 1.82) is 0 Å². The fourth-order valence-electron chi connectivity index (χ4n) is 2.78. The van der Waals surface area contributed by atoms with E-state index in [0.29, 0.717) is 19.4 Å². The van der Waals surface area contributed by atoms with Crippen LogP contribution in [0.15, 0.2) is 24.3 Å². The third-order valence-electron chi connectivity index (χ3n) is 4.28. The average molecular weight is 247 g/mol. The molecule has 2 rings (SSSR count). The summed E-state index contributed by atoms with van der Waals surface area (Å²) in [4.78, 5) is 13.8. The molecule has 0 atom stereocenters. The average Bonchev–Trinajstić information content (AvgIpc) is 2.79. The molecule has 0 amide bonds. The van der Waals surface area contributed by atoms with Gasteiger partial charge >= 0.3 is 5.97 Å². The van der Waals surface area contributed by atoms with Crippen molar-refractivity contribution in [3.8, 4) is 0 Å². The van der Waals surface area contributed by atoms with Crippen molar-refractivity contribution < 1.29 is 9.90 Å². The number of fused-ring (bicyclic) bond motifs is 1. The Morgan fingerprint density at radius 2 is 2.00 bits per heavy atom. The van der Waals surface area contributed by atoms with E-state index in [2.05, 4.69) is 17.0 Å². The molecule has 0 saturated carbocycles. The van der Waals surface area contributed by atoms with E-state index < -0.39 is 11.4 Å². The zero-order valence-corrected chi connectivity index (χ0v) is 11.1. The Morgan fingerprint density at radius 1 is 1.33 bits per heavy atom. The van der Waals surface area contributed by atoms with Gasteiger partial charge < -0.3 is 10.0 Å². The molecule has 98 valence electrons. The summed E-state index contributed by atoms with van der Waals surface area (Å²) in [5.41, 5.74) is 1.94. The first-order valence-electron chi connectivity index (χ1n) is 6.69. The molecule has 1 aromatic carbocycles. The van der Waals surface area contributed by atoms with Gasteiger partial charge in [0.1, 0.15) is 0 Å². The molecule has 3 nitrogen and oxygen atoms in total. The summed E-state index contributed by atoms with van der Waals surface area (Å²) in [5, 5.41) is 9.51. The summed E-state index contributed by atoms with van der Waals surface area (Å²) in [7, 11) is 0. The minimum Gasteiger partial charge on any atom is -0.481 e. The zero-order chi connectivity index (χ0) is 13.2. The van der Waals surface area contributed by atoms with E-state index in [1.54, 1.807) is 0 Å². The number of carboxylic acid groups (broad SMARTS) is 1. The highest BCUT2D eigenvalue weighted by atomic mass is 16.4. The molecule has 1 N–H and O–H groups in total. The van der Waals surface area contributed by atoms with Crippen LogP contribution in [0.3, 0.4) is 0 Å². The number of hydrogen-bond acceptors (Lipinski definition) is 2. The summed E-state index contributed by atoms with van der Waals surface area (Å²) in [6.45, 7) is 5.50. The second kappa shape index (κ2) is 5.01. The van der Waals surface area contributed by atoms with E-state index in [1.807, 2.05) is 26.0 Å². The molecule has 0 fully saturated rings. The molecule has 1 aliphatic heterocycles. The van der Waals surface area contributed by atoms with Gasteiger partial charge in [0.05, 0.1) is 5.41 Å². The maximum absolute atomic E-state index is 11.6. The first kappa shape index (κ1) is 12.9. The minimum absolute atomic E-state index is 0.614. The zero-order valence-electron chi connectivity index (χ0n) is 11.1. The predicted octanol–water partition coefficient (Wildman–Crippen LogP) is 2.94. The first-order valence-corrected chi connectivity index (χ1v) is 6.69. The lowest BCUT2D eigenvalue weighted by atomic mass is 9.82. The summed E-state index contributed by atoms with van der Waals surface area (Å²) >= 11 is 0. The Labute approximate surface area is 108 Å². The van der Waals surface area contributed by atoms with Crippen molar-refractivity contribution in [2.45, 2.75) is 33.1 Å². The van der Waals surface area contributed by atoms with Gasteiger partial charge in [0, 0.05) is 18.8 Å². The standard InChI is InChI=1S/C15H21NO2/c1-3-15(4-2,14(17)18)11-16-10-9-12-7-5-6-8-13(12)16/h5-8H,3-4,9-11H2,1-2H3,(H,17,18). The first-order chi connectivity index (χ1) is 8.63. The van der Waals surface area contributed by atoms with Crippen LogP contribution >= 0.6 is 0 Å². The molecule has 0 aromatic heterocycles. The van der Waals surface area contributed by atoms with Crippen molar-refractivity contribution in [2.75, 3.05) is 18.0 Å². The Morgan fingerprint density at radius 3 is 2.61 bits per heavy atom. The van der Waals surface area contributed by atoms with Gasteiger partial charge in [-0.25, -0.2) is 0 Å². The van der Waals surface area contributed by atoms with Gasteiger partial charge in [0.2, 0.25) is 0 Å². The second-order valence-electron chi connectivity index (χ2n) is 5.09. The quantitative estimate of drug-likeness (QED) is 0.869. The third kappa shape index (κ3) is 2.09. The van der Waals surface area contributed by atoms with Crippen LogP contribution in [0.4, 0.5) is 5.69 Å². The molecule has 0 unspecified atom stereocenters. The van der Waals surface area contributed by atoms with Crippen LogP contribution in [0.25, 0.3) is 0 Å². The molecule has 0 spiro atoms. The Balaban J connectivity index is 2.22. The lowest BCUT2D eigenvalue weighted by molar-refractivity contribution is -0.148. The Hall–Kier alpha value is -1.51. The van der Waals surface area contributed by atoms with Gasteiger partial charge in [0.15, 0.2) is 0 Å². The summed E-state index contributed by atoms with van der Waals surface area (Å²) in [5.74, 6) is -0.670. The maximum Gasteiger partial charge on any atom is 0.311 e. The highest BCUT2D eigenvalue weighted by Gasteiger charge is 2.38. The fraction of sp³-hybridized carbons (Fsp3) is 0.533. The molecular formula is C15H21NO2. The summed E-state index contributed by atoms with van der Waals surface area (Å²) < 4.78 is 0. The van der Waals surface area contributed by atoms with E-state index in [0.717, 1.165) is 13.0 Å². The monoisotopic (exact) mass is 247 g/mol. The van der Waals surface area contributed by atoms with Gasteiger partial charge in [-0.15, -0.1) is 0 Å². The van der Waals surface area contributed by atoms with Crippen LogP contribution in [-0.2, 0) is 11.2 Å². The van der Waals surface area contributed by atoms with Crippen molar-refractivity contribution in [1.82, 2.24) is 0 Å². The van der Waals surface area contributed by atoms with E-state index in [1.165, 1.54) is 11.3 Å². The second-order valence-corrected chi connectivity index (χ2v) is 5.09. The number of para-hydroxylation sites is 1. The fourth-order valence-corrected chi connectivity index (χ4v) is 2.78. The van der Waals surface area contributed by atoms with Crippen LogP contribution in [0, 0.1) is 5.41 Å². The van der Waals surface area contributed by atoms with E-state index in [9.17, 15) is 9.90 Å². The number of carbonyl (C=O) groups is 1. The van der Waals surface area contributed by atoms with Crippen LogP contribution in [0.2, 0.25) is 0 Å². The van der Waals surface area contributed by atoms with E-state index in [-0.39, 0.29) is 0 Å².